The number of hydrogen-bond donors (Lipinski definition) is 0. The Balaban J connectivity index is 1.09. The van der Waals surface area contributed by atoms with Gasteiger partial charge >= 0.3 is 0 Å². The lowest BCUT2D eigenvalue weighted by Crippen LogP contribution is -2.26. The van der Waals surface area contributed by atoms with E-state index in [9.17, 15) is 0 Å². The molecule has 80 heavy (non-hydrogen) atoms. The summed E-state index contributed by atoms with van der Waals surface area (Å²) in [5.74, 6) is 0. The molecule has 0 bridgehead atoms. The molecule has 1 unspecified atom stereocenters. The first-order valence-electron chi connectivity index (χ1n) is 27.7. The zero-order chi connectivity index (χ0) is 52.5. The lowest BCUT2D eigenvalue weighted by molar-refractivity contribution is 0.794. The lowest BCUT2D eigenvalue weighted by atomic mass is 9.70. The number of fused-ring (bicyclic) bond motifs is 20. The number of aromatic nitrogens is 1. The monoisotopic (exact) mass is 1020 g/mol. The highest BCUT2D eigenvalue weighted by Gasteiger charge is 2.54. The van der Waals surface area contributed by atoms with Crippen LogP contribution in [-0.2, 0) is 5.41 Å². The molecule has 15 aromatic rings. The standard InChI is InChI=1S/C77H49N3/c1-4-26-56(27-5-1)78(59-40-36-50-20-10-12-24-54(50)46-59)61-42-44-65-69(48-61)77(67-35-19-18-34-64(67)72-62-32-16-14-22-52(62)39-45-68(72)77)70-49-71(79(57-28-6-2-7-29-57)60-41-37-51-21-11-13-25-55(51)47-60)74-66-43-38-53-23-15-17-33-63(53)75(66)80(76(74)73(65)70)58-30-8-3-9-31-58/h1-49H. The first kappa shape index (κ1) is 44.6. The van der Waals surface area contributed by atoms with E-state index < -0.39 is 5.41 Å². The quantitative estimate of drug-likeness (QED) is 0.158. The van der Waals surface area contributed by atoms with E-state index in [1.54, 1.807) is 0 Å². The zero-order valence-electron chi connectivity index (χ0n) is 43.6. The normalized spacial score (nSPS) is 14.1. The minimum atomic E-state index is -0.767. The van der Waals surface area contributed by atoms with Crippen molar-refractivity contribution in [3.63, 3.8) is 0 Å². The number of para-hydroxylation sites is 3. The molecule has 0 N–H and O–H groups in total. The highest BCUT2D eigenvalue weighted by atomic mass is 15.2. The second-order valence-corrected chi connectivity index (χ2v) is 21.5. The van der Waals surface area contributed by atoms with Gasteiger partial charge in [0.15, 0.2) is 0 Å². The molecule has 0 saturated heterocycles. The van der Waals surface area contributed by atoms with Crippen LogP contribution in [0.2, 0.25) is 0 Å². The fourth-order valence-corrected chi connectivity index (χ4v) is 14.2. The van der Waals surface area contributed by atoms with Gasteiger partial charge in [-0.3, -0.25) is 0 Å². The molecule has 3 heteroatoms. The van der Waals surface area contributed by atoms with Gasteiger partial charge in [0.1, 0.15) is 0 Å². The Morgan fingerprint density at radius 2 is 0.762 bits per heavy atom. The summed E-state index contributed by atoms with van der Waals surface area (Å²) >= 11 is 0. The first-order chi connectivity index (χ1) is 39.7. The molecule has 0 amide bonds. The Labute approximate surface area is 463 Å². The van der Waals surface area contributed by atoms with E-state index in [0.29, 0.717) is 0 Å². The SMILES string of the molecule is c1ccc(N(c2ccc3c(c2)C2(c4ccccc4-c4c2ccc2ccccc42)c2cc(N(c4ccccc4)c4ccc5ccccc5c4)c4c5ccc6ccccc6c5n(-c5ccccc5)c4c2-3)c2ccc3ccccc3c2)cc1. The topological polar surface area (TPSA) is 11.4 Å². The van der Waals surface area contributed by atoms with Gasteiger partial charge < -0.3 is 14.4 Å². The van der Waals surface area contributed by atoms with Crippen LogP contribution < -0.4 is 9.80 Å². The van der Waals surface area contributed by atoms with Crippen molar-refractivity contribution >= 4 is 99.0 Å². The Hall–Kier alpha value is -10.5. The van der Waals surface area contributed by atoms with Gasteiger partial charge in [-0.05, 0) is 156 Å². The molecule has 1 spiro atoms. The summed E-state index contributed by atoms with van der Waals surface area (Å²) in [6.07, 6.45) is 0. The van der Waals surface area contributed by atoms with Gasteiger partial charge in [0.05, 0.1) is 22.1 Å². The molecular weight excluding hydrogens is 967 g/mol. The van der Waals surface area contributed by atoms with Gasteiger partial charge in [-0.15, -0.1) is 0 Å². The van der Waals surface area contributed by atoms with E-state index in [1.807, 2.05) is 0 Å². The number of benzene rings is 14. The number of hydrogen-bond acceptors (Lipinski definition) is 2. The van der Waals surface area contributed by atoms with Crippen LogP contribution >= 0.6 is 0 Å². The average molecular weight is 1020 g/mol. The van der Waals surface area contributed by atoms with Gasteiger partial charge in [0.2, 0.25) is 0 Å². The van der Waals surface area contributed by atoms with E-state index in [-0.39, 0.29) is 0 Å². The molecule has 1 atom stereocenters. The van der Waals surface area contributed by atoms with Crippen LogP contribution in [0.15, 0.2) is 297 Å². The molecule has 0 aliphatic heterocycles. The molecule has 14 aromatic carbocycles. The van der Waals surface area contributed by atoms with Gasteiger partial charge in [0, 0.05) is 55.8 Å². The first-order valence-corrected chi connectivity index (χ1v) is 27.7. The zero-order valence-corrected chi connectivity index (χ0v) is 43.6. The number of rotatable bonds is 7. The molecule has 1 aromatic heterocycles. The van der Waals surface area contributed by atoms with Gasteiger partial charge in [-0.25, -0.2) is 0 Å². The molecule has 372 valence electrons. The largest absolute Gasteiger partial charge is 0.310 e. The maximum Gasteiger partial charge on any atom is 0.0728 e. The highest BCUT2D eigenvalue weighted by molar-refractivity contribution is 6.27. The minimum absolute atomic E-state index is 0.767. The maximum absolute atomic E-state index is 2.61. The van der Waals surface area contributed by atoms with Gasteiger partial charge in [0.25, 0.3) is 0 Å². The van der Waals surface area contributed by atoms with Crippen molar-refractivity contribution in [1.29, 1.82) is 0 Å². The van der Waals surface area contributed by atoms with Crippen molar-refractivity contribution in [3.8, 4) is 27.9 Å². The summed E-state index contributed by atoms with van der Waals surface area (Å²) in [6.45, 7) is 0. The predicted octanol–water partition coefficient (Wildman–Crippen LogP) is 20.7. The van der Waals surface area contributed by atoms with Crippen LogP contribution in [0.1, 0.15) is 22.3 Å². The molecule has 1 heterocycles. The van der Waals surface area contributed by atoms with E-state index in [1.165, 1.54) is 109 Å². The smallest absolute Gasteiger partial charge is 0.0728 e. The second kappa shape index (κ2) is 17.3. The molecule has 0 fully saturated rings. The summed E-state index contributed by atoms with van der Waals surface area (Å²) in [5, 5.41) is 12.1. The number of nitrogens with zero attached hydrogens (tertiary/aromatic N) is 3. The molecule has 0 saturated carbocycles. The molecule has 2 aliphatic carbocycles. The molecule has 2 aliphatic rings. The molecule has 0 radical (unpaired) electrons. The maximum atomic E-state index is 2.61. The second-order valence-electron chi connectivity index (χ2n) is 21.5. The number of anilines is 6. The Kier molecular flexibility index (Phi) is 9.63. The third-order valence-corrected chi connectivity index (χ3v) is 17.4. The van der Waals surface area contributed by atoms with Crippen LogP contribution in [0.25, 0.3) is 92.8 Å². The van der Waals surface area contributed by atoms with E-state index in [0.717, 1.165) is 39.8 Å². The van der Waals surface area contributed by atoms with E-state index >= 15 is 0 Å². The van der Waals surface area contributed by atoms with Crippen molar-refractivity contribution in [3.05, 3.63) is 320 Å². The Morgan fingerprint density at radius 1 is 0.263 bits per heavy atom. The summed E-state index contributed by atoms with van der Waals surface area (Å²) in [6, 6.07) is 111. The van der Waals surface area contributed by atoms with Gasteiger partial charge in [-0.1, -0.05) is 218 Å². The van der Waals surface area contributed by atoms with Crippen molar-refractivity contribution in [2.75, 3.05) is 9.80 Å². The highest BCUT2D eigenvalue weighted by Crippen LogP contribution is 2.67. The predicted molar refractivity (Wildman–Crippen MR) is 336 cm³/mol. The summed E-state index contributed by atoms with van der Waals surface area (Å²) in [4.78, 5) is 5.00. The average Bonchev–Trinajstić information content (AvgIpc) is 2.41. The van der Waals surface area contributed by atoms with Crippen LogP contribution in [0.4, 0.5) is 34.1 Å². The summed E-state index contributed by atoms with van der Waals surface area (Å²) < 4.78 is 2.61. The lowest BCUT2D eigenvalue weighted by Gasteiger charge is -2.34. The van der Waals surface area contributed by atoms with E-state index in [4.69, 9.17) is 0 Å². The fraction of sp³-hybridized carbons (Fsp3) is 0.0130. The summed E-state index contributed by atoms with van der Waals surface area (Å²) in [7, 11) is 0. The van der Waals surface area contributed by atoms with E-state index in [2.05, 4.69) is 312 Å². The van der Waals surface area contributed by atoms with Crippen LogP contribution in [-0.4, -0.2) is 4.57 Å². The molecular formula is C77H49N3. The fourth-order valence-electron chi connectivity index (χ4n) is 14.2. The van der Waals surface area contributed by atoms with Crippen molar-refractivity contribution in [1.82, 2.24) is 4.57 Å². The van der Waals surface area contributed by atoms with Crippen molar-refractivity contribution in [2.45, 2.75) is 5.41 Å². The van der Waals surface area contributed by atoms with Crippen LogP contribution in [0, 0.1) is 0 Å². The van der Waals surface area contributed by atoms with Crippen molar-refractivity contribution in [2.24, 2.45) is 0 Å². The third kappa shape index (κ3) is 6.31. The Morgan fingerprint density at radius 3 is 1.46 bits per heavy atom. The van der Waals surface area contributed by atoms with Crippen LogP contribution in [0.3, 0.4) is 0 Å². The molecule has 17 rings (SSSR count). The van der Waals surface area contributed by atoms with Crippen molar-refractivity contribution < 1.29 is 0 Å². The minimum Gasteiger partial charge on any atom is -0.310 e. The molecule has 3 nitrogen and oxygen atoms in total. The third-order valence-electron chi connectivity index (χ3n) is 17.4. The summed E-state index contributed by atoms with van der Waals surface area (Å²) in [5.41, 5.74) is 19.5. The Bertz CT molecular complexity index is 5020. The van der Waals surface area contributed by atoms with Crippen LogP contribution in [0.5, 0.6) is 0 Å². The van der Waals surface area contributed by atoms with Gasteiger partial charge in [-0.2, -0.15) is 0 Å².